The van der Waals surface area contributed by atoms with Gasteiger partial charge in [-0.3, -0.25) is 4.79 Å². The molecule has 5 nitrogen and oxygen atoms in total. The smallest absolute Gasteiger partial charge is 0.322 e. The number of nitrogens with zero attached hydrogens (tertiary/aromatic N) is 2. The highest BCUT2D eigenvalue weighted by Gasteiger charge is 2.48. The molecule has 1 saturated heterocycles. The van der Waals surface area contributed by atoms with E-state index in [2.05, 4.69) is 32.6 Å². The molecule has 0 radical (unpaired) electrons. The molecule has 4 rings (SSSR count). The minimum Gasteiger partial charge on any atom is -0.465 e. The van der Waals surface area contributed by atoms with Crippen molar-refractivity contribution < 1.29 is 14.3 Å². The van der Waals surface area contributed by atoms with Crippen LogP contribution >= 0.6 is 34.2 Å². The van der Waals surface area contributed by atoms with Gasteiger partial charge in [-0.2, -0.15) is 0 Å². The van der Waals surface area contributed by atoms with Gasteiger partial charge in [0.25, 0.3) is 0 Å². The summed E-state index contributed by atoms with van der Waals surface area (Å²) in [7, 11) is 0. The summed E-state index contributed by atoms with van der Waals surface area (Å²) in [4.78, 5) is 22.9. The van der Waals surface area contributed by atoms with Crippen LogP contribution in [0.5, 0.6) is 0 Å². The second-order valence-electron chi connectivity index (χ2n) is 7.75. The van der Waals surface area contributed by atoms with Crippen molar-refractivity contribution in [3.8, 4) is 0 Å². The Balaban J connectivity index is 2.02. The van der Waals surface area contributed by atoms with Gasteiger partial charge in [-0.25, -0.2) is 9.97 Å². The zero-order chi connectivity index (χ0) is 21.8. The maximum absolute atomic E-state index is 13.8. The summed E-state index contributed by atoms with van der Waals surface area (Å²) in [5.74, 6) is -0.00689. The van der Waals surface area contributed by atoms with Gasteiger partial charge in [0.05, 0.1) is 17.8 Å². The summed E-state index contributed by atoms with van der Waals surface area (Å²) < 4.78 is 12.3. The van der Waals surface area contributed by atoms with Gasteiger partial charge in [-0.1, -0.05) is 30.3 Å². The number of carbonyl (C=O) groups is 1. The second kappa shape index (κ2) is 9.79. The SMILES string of the molecule is CCOC(=O)C(CC1CCOCC1)(c1ccccc1)c1nc(Cl)nc2ccc(I)cc12. The van der Waals surface area contributed by atoms with Crippen LogP contribution in [-0.2, 0) is 19.7 Å². The zero-order valence-corrected chi connectivity index (χ0v) is 20.2. The first-order chi connectivity index (χ1) is 15.0. The number of ether oxygens (including phenoxy) is 2. The summed E-state index contributed by atoms with van der Waals surface area (Å²) in [5, 5.41) is 0.945. The van der Waals surface area contributed by atoms with E-state index in [1.54, 1.807) is 0 Å². The van der Waals surface area contributed by atoms with Gasteiger partial charge in [-0.05, 0) is 90.1 Å². The average molecular weight is 551 g/mol. The molecule has 0 N–H and O–H groups in total. The third-order valence-corrected chi connectivity index (χ3v) is 6.70. The maximum atomic E-state index is 13.8. The molecular weight excluding hydrogens is 527 g/mol. The van der Waals surface area contributed by atoms with Gasteiger partial charge < -0.3 is 9.47 Å². The van der Waals surface area contributed by atoms with E-state index in [-0.39, 0.29) is 17.9 Å². The molecule has 0 saturated carbocycles. The van der Waals surface area contributed by atoms with Crippen LogP contribution in [0.3, 0.4) is 0 Å². The van der Waals surface area contributed by atoms with Crippen molar-refractivity contribution in [1.82, 2.24) is 9.97 Å². The fraction of sp³-hybridized carbons (Fsp3) is 0.375. The largest absolute Gasteiger partial charge is 0.465 e. The molecule has 2 aromatic carbocycles. The predicted octanol–water partition coefficient (Wildman–Crippen LogP) is 5.55. The lowest BCUT2D eigenvalue weighted by Gasteiger charge is -2.36. The minimum absolute atomic E-state index is 0.125. The second-order valence-corrected chi connectivity index (χ2v) is 9.34. The fourth-order valence-corrected chi connectivity index (χ4v) is 5.07. The molecule has 0 amide bonds. The molecule has 2 heterocycles. The Hall–Kier alpha value is -1.77. The molecule has 1 aliphatic heterocycles. The van der Waals surface area contributed by atoms with Crippen molar-refractivity contribution in [2.75, 3.05) is 19.8 Å². The number of aromatic nitrogens is 2. The molecule has 0 aliphatic carbocycles. The molecule has 162 valence electrons. The normalized spacial score (nSPS) is 16.7. The van der Waals surface area contributed by atoms with Gasteiger partial charge in [0.15, 0.2) is 0 Å². The lowest BCUT2D eigenvalue weighted by atomic mass is 9.69. The minimum atomic E-state index is -1.09. The average Bonchev–Trinajstić information content (AvgIpc) is 2.79. The van der Waals surface area contributed by atoms with Crippen molar-refractivity contribution in [3.05, 3.63) is 68.6 Å². The van der Waals surface area contributed by atoms with Gasteiger partial charge in [-0.15, -0.1) is 0 Å². The van der Waals surface area contributed by atoms with E-state index in [1.165, 1.54) is 0 Å². The van der Waals surface area contributed by atoms with Crippen molar-refractivity contribution >= 4 is 51.1 Å². The fourth-order valence-electron chi connectivity index (χ4n) is 4.41. The van der Waals surface area contributed by atoms with Crippen molar-refractivity contribution in [2.24, 2.45) is 5.92 Å². The van der Waals surface area contributed by atoms with Crippen LogP contribution < -0.4 is 0 Å². The molecule has 31 heavy (non-hydrogen) atoms. The Kier molecular flexibility index (Phi) is 7.08. The summed E-state index contributed by atoms with van der Waals surface area (Å²) in [5.41, 5.74) is 1.09. The number of hydrogen-bond donors (Lipinski definition) is 0. The van der Waals surface area contributed by atoms with Gasteiger partial charge >= 0.3 is 5.97 Å². The summed E-state index contributed by atoms with van der Waals surface area (Å²) in [6.45, 7) is 3.51. The third-order valence-electron chi connectivity index (χ3n) is 5.86. The Morgan fingerprint density at radius 1 is 1.19 bits per heavy atom. The van der Waals surface area contributed by atoms with E-state index in [0.717, 1.165) is 27.4 Å². The number of benzene rings is 2. The van der Waals surface area contributed by atoms with Crippen LogP contribution in [0.15, 0.2) is 48.5 Å². The third kappa shape index (κ3) is 4.56. The summed E-state index contributed by atoms with van der Waals surface area (Å²) >= 11 is 8.65. The lowest BCUT2D eigenvalue weighted by Crippen LogP contribution is -2.42. The first kappa shape index (κ1) is 22.4. The van der Waals surface area contributed by atoms with E-state index in [1.807, 2.05) is 55.5 Å². The highest BCUT2D eigenvalue weighted by atomic mass is 127. The molecule has 1 aromatic heterocycles. The van der Waals surface area contributed by atoms with E-state index in [4.69, 9.17) is 21.1 Å². The molecule has 1 fully saturated rings. The lowest BCUT2D eigenvalue weighted by molar-refractivity contribution is -0.149. The number of carbonyl (C=O) groups excluding carboxylic acids is 1. The molecular formula is C24H24ClIN2O3. The highest BCUT2D eigenvalue weighted by Crippen LogP contribution is 2.44. The number of halogens is 2. The maximum Gasteiger partial charge on any atom is 0.322 e. The highest BCUT2D eigenvalue weighted by molar-refractivity contribution is 14.1. The number of hydrogen-bond acceptors (Lipinski definition) is 5. The van der Waals surface area contributed by atoms with Crippen molar-refractivity contribution in [1.29, 1.82) is 0 Å². The Morgan fingerprint density at radius 3 is 2.65 bits per heavy atom. The number of fused-ring (bicyclic) bond motifs is 1. The van der Waals surface area contributed by atoms with E-state index in [0.29, 0.717) is 36.8 Å². The van der Waals surface area contributed by atoms with E-state index < -0.39 is 5.41 Å². The Bertz CT molecular complexity index is 1070. The van der Waals surface area contributed by atoms with Crippen molar-refractivity contribution in [3.63, 3.8) is 0 Å². The van der Waals surface area contributed by atoms with Crippen LogP contribution in [0.1, 0.15) is 37.4 Å². The van der Waals surface area contributed by atoms with Gasteiger partial charge in [0, 0.05) is 22.2 Å². The molecule has 7 heteroatoms. The van der Waals surface area contributed by atoms with Gasteiger partial charge in [0.2, 0.25) is 5.28 Å². The first-order valence-corrected chi connectivity index (χ1v) is 11.9. The molecule has 3 aromatic rings. The quantitative estimate of drug-likeness (QED) is 0.229. The van der Waals surface area contributed by atoms with Crippen LogP contribution in [0.2, 0.25) is 5.28 Å². The topological polar surface area (TPSA) is 61.3 Å². The Labute approximate surface area is 200 Å². The zero-order valence-electron chi connectivity index (χ0n) is 17.3. The van der Waals surface area contributed by atoms with Crippen LogP contribution in [-0.4, -0.2) is 35.8 Å². The molecule has 0 spiro atoms. The first-order valence-electron chi connectivity index (χ1n) is 10.5. The molecule has 0 bridgehead atoms. The molecule has 1 atom stereocenters. The predicted molar refractivity (Wildman–Crippen MR) is 129 cm³/mol. The van der Waals surface area contributed by atoms with Crippen LogP contribution in [0.4, 0.5) is 0 Å². The molecule has 1 aliphatic rings. The standard InChI is InChI=1S/C24H24ClIN2O3/c1-2-31-22(29)24(17-6-4-3-5-7-17,15-16-10-12-30-13-11-16)21-19-14-18(26)8-9-20(19)27-23(25)28-21/h3-9,14,16H,2,10-13,15H2,1H3. The summed E-state index contributed by atoms with van der Waals surface area (Å²) in [6, 6.07) is 15.7. The summed E-state index contributed by atoms with van der Waals surface area (Å²) in [6.07, 6.45) is 2.36. The number of esters is 1. The molecule has 1 unspecified atom stereocenters. The Morgan fingerprint density at radius 2 is 1.94 bits per heavy atom. The van der Waals surface area contributed by atoms with Gasteiger partial charge in [0.1, 0.15) is 5.41 Å². The van der Waals surface area contributed by atoms with Crippen LogP contribution in [0, 0.1) is 9.49 Å². The van der Waals surface area contributed by atoms with E-state index in [9.17, 15) is 4.79 Å². The van der Waals surface area contributed by atoms with Crippen LogP contribution in [0.25, 0.3) is 10.9 Å². The monoisotopic (exact) mass is 550 g/mol. The number of rotatable bonds is 6. The van der Waals surface area contributed by atoms with E-state index >= 15 is 0 Å². The van der Waals surface area contributed by atoms with Crippen molar-refractivity contribution in [2.45, 2.75) is 31.6 Å².